The molecule has 3 heterocycles. The molecule has 6 heteroatoms. The first-order valence-electron chi connectivity index (χ1n) is 7.08. The van der Waals surface area contributed by atoms with Gasteiger partial charge < -0.3 is 0 Å². The summed E-state index contributed by atoms with van der Waals surface area (Å²) in [5.41, 5.74) is 4.93. The number of hydrogen-bond donors (Lipinski definition) is 0. The van der Waals surface area contributed by atoms with Crippen LogP contribution in [0.3, 0.4) is 0 Å². The van der Waals surface area contributed by atoms with Crippen LogP contribution in [0.25, 0.3) is 33.1 Å². The van der Waals surface area contributed by atoms with Gasteiger partial charge in [-0.3, -0.25) is 20.0 Å². The highest BCUT2D eigenvalue weighted by Crippen LogP contribution is 2.19. The van der Waals surface area contributed by atoms with Crippen molar-refractivity contribution in [2.24, 2.45) is 9.98 Å². The summed E-state index contributed by atoms with van der Waals surface area (Å²) in [6, 6.07) is 7.76. The average Bonchev–Trinajstić information content (AvgIpc) is 2.56. The van der Waals surface area contributed by atoms with Crippen molar-refractivity contribution in [3.63, 3.8) is 0 Å². The van der Waals surface area contributed by atoms with Crippen LogP contribution in [0.1, 0.15) is 0 Å². The van der Waals surface area contributed by atoms with Crippen molar-refractivity contribution in [1.82, 2.24) is 19.9 Å². The lowest BCUT2D eigenvalue weighted by atomic mass is 10.2. The highest BCUT2D eigenvalue weighted by Gasteiger charge is 2.07. The number of fused-ring (bicyclic) bond motifs is 4. The van der Waals surface area contributed by atoms with Crippen molar-refractivity contribution in [3.05, 3.63) is 47.4 Å². The first-order valence-corrected chi connectivity index (χ1v) is 7.08. The van der Waals surface area contributed by atoms with Crippen LogP contribution in [-0.4, -0.2) is 33.0 Å². The van der Waals surface area contributed by atoms with Crippen LogP contribution < -0.4 is 10.7 Å². The smallest absolute Gasteiger partial charge is 0.0917 e. The van der Waals surface area contributed by atoms with E-state index in [9.17, 15) is 0 Å². The molecule has 0 saturated heterocycles. The second-order valence-corrected chi connectivity index (χ2v) is 5.20. The zero-order valence-electron chi connectivity index (χ0n) is 11.6. The van der Waals surface area contributed by atoms with Gasteiger partial charge in [0.2, 0.25) is 0 Å². The molecule has 0 atom stereocenters. The minimum atomic E-state index is 0.736. The highest BCUT2D eigenvalue weighted by molar-refractivity contribution is 5.94. The second kappa shape index (κ2) is 4.24. The van der Waals surface area contributed by atoms with Gasteiger partial charge in [-0.2, -0.15) is 0 Å². The average molecular weight is 286 g/mol. The fourth-order valence-electron chi connectivity index (χ4n) is 2.76. The van der Waals surface area contributed by atoms with Gasteiger partial charge in [-0.15, -0.1) is 0 Å². The Morgan fingerprint density at radius 1 is 0.545 bits per heavy atom. The molecule has 22 heavy (non-hydrogen) atoms. The molecule has 1 aliphatic rings. The van der Waals surface area contributed by atoms with E-state index in [4.69, 9.17) is 9.97 Å². The van der Waals surface area contributed by atoms with Crippen molar-refractivity contribution in [3.8, 4) is 0 Å². The van der Waals surface area contributed by atoms with E-state index in [0.29, 0.717) is 0 Å². The second-order valence-electron chi connectivity index (χ2n) is 5.20. The molecular weight excluding hydrogens is 276 g/mol. The van der Waals surface area contributed by atoms with Crippen LogP contribution in [0.2, 0.25) is 0 Å². The number of rotatable bonds is 0. The summed E-state index contributed by atoms with van der Waals surface area (Å²) < 4.78 is 0. The summed E-state index contributed by atoms with van der Waals surface area (Å²) in [5, 5.41) is 1.79. The van der Waals surface area contributed by atoms with E-state index in [1.54, 1.807) is 12.4 Å². The van der Waals surface area contributed by atoms with Gasteiger partial charge in [-0.05, 0) is 24.3 Å². The fourth-order valence-corrected chi connectivity index (χ4v) is 2.76. The lowest BCUT2D eigenvalue weighted by Crippen LogP contribution is -2.29. The molecule has 0 aliphatic carbocycles. The minimum absolute atomic E-state index is 0.736. The number of hydrogen-bond acceptors (Lipinski definition) is 6. The molecule has 0 amide bonds. The van der Waals surface area contributed by atoms with E-state index in [0.717, 1.165) is 56.9 Å². The predicted octanol–water partition coefficient (Wildman–Crippen LogP) is 0.979. The van der Waals surface area contributed by atoms with Gasteiger partial charge in [0.15, 0.2) is 0 Å². The van der Waals surface area contributed by atoms with Gasteiger partial charge in [-0.1, -0.05) is 0 Å². The number of benzene rings is 2. The van der Waals surface area contributed by atoms with Gasteiger partial charge in [0.25, 0.3) is 0 Å². The van der Waals surface area contributed by atoms with Crippen molar-refractivity contribution in [2.45, 2.75) is 0 Å². The summed E-state index contributed by atoms with van der Waals surface area (Å²) in [4.78, 5) is 27.0. The monoisotopic (exact) mass is 286 g/mol. The molecule has 2 aromatic heterocycles. The van der Waals surface area contributed by atoms with E-state index < -0.39 is 0 Å². The summed E-state index contributed by atoms with van der Waals surface area (Å²) in [7, 11) is 0. The predicted molar refractivity (Wildman–Crippen MR) is 82.2 cm³/mol. The first kappa shape index (κ1) is 11.6. The Kier molecular flexibility index (Phi) is 2.24. The summed E-state index contributed by atoms with van der Waals surface area (Å²) >= 11 is 0. The zero-order chi connectivity index (χ0) is 14.5. The van der Waals surface area contributed by atoms with Gasteiger partial charge in [-0.25, -0.2) is 9.97 Å². The normalized spacial score (nSPS) is 13.8. The summed E-state index contributed by atoms with van der Waals surface area (Å²) in [5.74, 6) is 0. The Hall–Kier alpha value is -3.02. The third-order valence-corrected chi connectivity index (χ3v) is 3.78. The number of nitrogens with zero attached hydrogens (tertiary/aromatic N) is 6. The zero-order valence-corrected chi connectivity index (χ0v) is 11.6. The maximum absolute atomic E-state index is 4.70. The van der Waals surface area contributed by atoms with Crippen molar-refractivity contribution in [2.75, 3.05) is 13.1 Å². The Balaban J connectivity index is 1.93. The topological polar surface area (TPSA) is 76.3 Å². The van der Waals surface area contributed by atoms with Crippen LogP contribution in [0.15, 0.2) is 46.6 Å². The molecule has 0 saturated carbocycles. The van der Waals surface area contributed by atoms with Crippen molar-refractivity contribution in [1.29, 1.82) is 0 Å². The third kappa shape index (κ3) is 1.67. The van der Waals surface area contributed by atoms with Crippen molar-refractivity contribution < 1.29 is 0 Å². The first-order chi connectivity index (χ1) is 10.9. The van der Waals surface area contributed by atoms with Gasteiger partial charge in [0.1, 0.15) is 0 Å². The molecule has 0 unspecified atom stereocenters. The highest BCUT2D eigenvalue weighted by atomic mass is 14.9. The Bertz CT molecular complexity index is 1090. The third-order valence-electron chi connectivity index (χ3n) is 3.78. The largest absolute Gasteiger partial charge is 0.281 e. The van der Waals surface area contributed by atoms with Crippen LogP contribution in [-0.2, 0) is 0 Å². The van der Waals surface area contributed by atoms with Crippen LogP contribution in [0.4, 0.5) is 0 Å². The lowest BCUT2D eigenvalue weighted by molar-refractivity contribution is 0.866. The molecule has 0 bridgehead atoms. The van der Waals surface area contributed by atoms with Gasteiger partial charge in [0.05, 0.1) is 56.9 Å². The van der Waals surface area contributed by atoms with E-state index in [-0.39, 0.29) is 0 Å². The quantitative estimate of drug-likeness (QED) is 0.451. The summed E-state index contributed by atoms with van der Waals surface area (Å²) in [6.07, 6.45) is 3.36. The molecule has 2 aromatic carbocycles. The van der Waals surface area contributed by atoms with Crippen molar-refractivity contribution >= 4 is 33.1 Å². The van der Waals surface area contributed by atoms with Gasteiger partial charge >= 0.3 is 0 Å². The lowest BCUT2D eigenvalue weighted by Gasteiger charge is -2.04. The number of aromatic nitrogens is 4. The van der Waals surface area contributed by atoms with Crippen LogP contribution in [0.5, 0.6) is 0 Å². The van der Waals surface area contributed by atoms with Crippen LogP contribution >= 0.6 is 0 Å². The Morgan fingerprint density at radius 3 is 1.50 bits per heavy atom. The SMILES string of the molecule is c1cnc2cc3nc4cc5c(cc4nc3cc2n1)=NCCN=5. The maximum Gasteiger partial charge on any atom is 0.0917 e. The molecule has 0 N–H and O–H groups in total. The van der Waals surface area contributed by atoms with Gasteiger partial charge in [0, 0.05) is 12.4 Å². The van der Waals surface area contributed by atoms with Crippen LogP contribution in [0, 0.1) is 0 Å². The molecular formula is C16H10N6. The minimum Gasteiger partial charge on any atom is -0.281 e. The maximum atomic E-state index is 4.70. The fraction of sp³-hybridized carbons (Fsp3) is 0.125. The molecule has 104 valence electrons. The van der Waals surface area contributed by atoms with E-state index in [1.807, 2.05) is 24.3 Å². The van der Waals surface area contributed by atoms with E-state index in [1.165, 1.54) is 0 Å². The molecule has 0 spiro atoms. The van der Waals surface area contributed by atoms with E-state index >= 15 is 0 Å². The standard InChI is InChI=1S/C16H10N6/c1-2-18-10-6-14-13(5-9(10)17-1)21-15-7-11-12(8-16(15)22-14)20-4-3-19-11/h1-2,5-8H,3-4H2. The Labute approximate surface area is 124 Å². The molecule has 1 aliphatic heterocycles. The Morgan fingerprint density at radius 2 is 1.00 bits per heavy atom. The van der Waals surface area contributed by atoms with E-state index in [2.05, 4.69) is 20.0 Å². The molecule has 6 nitrogen and oxygen atoms in total. The molecule has 5 rings (SSSR count). The molecule has 0 fully saturated rings. The summed E-state index contributed by atoms with van der Waals surface area (Å²) in [6.45, 7) is 1.47. The molecule has 0 radical (unpaired) electrons. The molecule has 4 aromatic rings.